The lowest BCUT2D eigenvalue weighted by Crippen LogP contribution is -2.51. The average Bonchev–Trinajstić information content (AvgIpc) is 3.60. The maximum absolute atomic E-state index is 14.1. The number of carbonyl (C=O) groups excluding carboxylic acids is 1. The molecule has 2 aromatic carbocycles. The molecule has 43 heavy (non-hydrogen) atoms. The Morgan fingerprint density at radius 1 is 1.00 bits per heavy atom. The number of hydrogen-bond acceptors (Lipinski definition) is 7. The van der Waals surface area contributed by atoms with Gasteiger partial charge in [-0.2, -0.15) is 4.98 Å². The van der Waals surface area contributed by atoms with Crippen molar-refractivity contribution < 1.29 is 22.9 Å². The molecule has 3 heterocycles. The topological polar surface area (TPSA) is 94.5 Å². The molecule has 1 atom stereocenters. The zero-order chi connectivity index (χ0) is 29.0. The Morgan fingerprint density at radius 3 is 2.60 bits per heavy atom. The van der Waals surface area contributed by atoms with Crippen LogP contribution < -0.4 is 4.90 Å². The van der Waals surface area contributed by atoms with Crippen LogP contribution in [0.1, 0.15) is 88.3 Å². The van der Waals surface area contributed by atoms with Gasteiger partial charge in [0, 0.05) is 54.8 Å². The molecule has 224 valence electrons. The van der Waals surface area contributed by atoms with Crippen LogP contribution in [-0.4, -0.2) is 40.8 Å². The molecular formula is C34H37FN4O4. The Bertz CT molecular complexity index is 1630. The molecule has 1 unspecified atom stereocenters. The van der Waals surface area contributed by atoms with E-state index in [-0.39, 0.29) is 28.5 Å². The van der Waals surface area contributed by atoms with Crippen molar-refractivity contribution in [3.05, 3.63) is 60.0 Å². The van der Waals surface area contributed by atoms with E-state index in [0.717, 1.165) is 93.8 Å². The number of aromatic nitrogens is 3. The first kappa shape index (κ1) is 27.0. The van der Waals surface area contributed by atoms with Crippen LogP contribution in [0.2, 0.25) is 0 Å². The van der Waals surface area contributed by atoms with Gasteiger partial charge in [-0.15, -0.1) is 0 Å². The molecular weight excluding hydrogens is 547 g/mol. The van der Waals surface area contributed by atoms with Crippen molar-refractivity contribution in [1.29, 1.82) is 0 Å². The smallest absolute Gasteiger partial charge is 0.232 e. The summed E-state index contributed by atoms with van der Waals surface area (Å²) in [6.07, 6.45) is 10.9. The number of rotatable bonds is 8. The minimum atomic E-state index is -0.352. The maximum atomic E-state index is 14.1. The quantitative estimate of drug-likeness (QED) is 0.214. The lowest BCUT2D eigenvalue weighted by molar-refractivity contribution is -0.121. The van der Waals surface area contributed by atoms with Crippen LogP contribution in [-0.2, 0) is 14.9 Å². The van der Waals surface area contributed by atoms with Crippen molar-refractivity contribution in [2.45, 2.75) is 82.0 Å². The lowest BCUT2D eigenvalue weighted by atomic mass is 9.53. The van der Waals surface area contributed by atoms with Crippen LogP contribution in [0.5, 0.6) is 0 Å². The Hall–Kier alpha value is -3.59. The first-order valence-electron chi connectivity index (χ1n) is 15.9. The Labute approximate surface area is 250 Å². The summed E-state index contributed by atoms with van der Waals surface area (Å²) in [6.45, 7) is 2.09. The second kappa shape index (κ2) is 10.5. The van der Waals surface area contributed by atoms with E-state index in [9.17, 15) is 9.18 Å². The maximum Gasteiger partial charge on any atom is 0.232 e. The zero-order valence-corrected chi connectivity index (χ0v) is 24.4. The molecule has 5 fully saturated rings. The van der Waals surface area contributed by atoms with Gasteiger partial charge in [-0.1, -0.05) is 11.2 Å². The number of hydrogen-bond donors (Lipinski definition) is 0. The highest BCUT2D eigenvalue weighted by atomic mass is 19.1. The molecule has 2 bridgehead atoms. The van der Waals surface area contributed by atoms with Gasteiger partial charge in [-0.25, -0.2) is 9.37 Å². The van der Waals surface area contributed by atoms with Gasteiger partial charge in [0.2, 0.25) is 17.7 Å². The number of oxazole rings is 1. The van der Waals surface area contributed by atoms with Crippen LogP contribution in [0.25, 0.3) is 22.6 Å². The molecule has 1 amide bonds. The number of halogens is 1. The van der Waals surface area contributed by atoms with Gasteiger partial charge in [0.25, 0.3) is 0 Å². The molecule has 1 aliphatic heterocycles. The summed E-state index contributed by atoms with van der Waals surface area (Å²) >= 11 is 0. The van der Waals surface area contributed by atoms with E-state index in [1.54, 1.807) is 6.07 Å². The molecule has 0 N–H and O–H groups in total. The Balaban J connectivity index is 1.06. The van der Waals surface area contributed by atoms with Gasteiger partial charge >= 0.3 is 0 Å². The van der Waals surface area contributed by atoms with Gasteiger partial charge in [-0.3, -0.25) is 4.79 Å². The first-order valence-corrected chi connectivity index (χ1v) is 15.9. The number of benzene rings is 2. The molecule has 5 aliphatic rings. The number of carbonyl (C=O) groups is 1. The van der Waals surface area contributed by atoms with Crippen molar-refractivity contribution in [3.63, 3.8) is 0 Å². The molecule has 4 aromatic rings. The van der Waals surface area contributed by atoms with Crippen LogP contribution in [0, 0.1) is 17.2 Å². The largest absolute Gasteiger partial charge is 0.436 e. The monoisotopic (exact) mass is 584 g/mol. The molecule has 0 radical (unpaired) electrons. The lowest BCUT2D eigenvalue weighted by Gasteiger charge is -2.53. The molecule has 8 nitrogen and oxygen atoms in total. The third-order valence-electron chi connectivity index (χ3n) is 10.5. The van der Waals surface area contributed by atoms with Gasteiger partial charge in [0.05, 0.1) is 0 Å². The van der Waals surface area contributed by atoms with Gasteiger partial charge in [-0.05, 0) is 106 Å². The van der Waals surface area contributed by atoms with Crippen LogP contribution in [0.15, 0.2) is 51.4 Å². The molecule has 9 rings (SSSR count). The number of anilines is 1. The predicted octanol–water partition coefficient (Wildman–Crippen LogP) is 7.34. The fourth-order valence-electron chi connectivity index (χ4n) is 7.59. The minimum absolute atomic E-state index is 0.0253. The summed E-state index contributed by atoms with van der Waals surface area (Å²) < 4.78 is 31.3. The predicted molar refractivity (Wildman–Crippen MR) is 158 cm³/mol. The first-order chi connectivity index (χ1) is 21.0. The van der Waals surface area contributed by atoms with E-state index >= 15 is 0 Å². The van der Waals surface area contributed by atoms with Crippen molar-refractivity contribution in [2.24, 2.45) is 11.3 Å². The second-order valence-electron chi connectivity index (χ2n) is 13.5. The normalized spacial score (nSPS) is 27.0. The highest BCUT2D eigenvalue weighted by molar-refractivity contribution is 5.94. The molecule has 1 saturated heterocycles. The number of ether oxygens (including phenoxy) is 1. The second-order valence-corrected chi connectivity index (χ2v) is 13.5. The summed E-state index contributed by atoms with van der Waals surface area (Å²) in [5, 5.41) is 4.32. The number of amides is 1. The average molecular weight is 585 g/mol. The molecule has 4 aliphatic carbocycles. The third-order valence-corrected chi connectivity index (χ3v) is 10.5. The van der Waals surface area contributed by atoms with Crippen LogP contribution in [0.4, 0.5) is 10.1 Å². The summed E-state index contributed by atoms with van der Waals surface area (Å²) in [5.41, 5.74) is 2.63. The summed E-state index contributed by atoms with van der Waals surface area (Å²) in [7, 11) is 0. The van der Waals surface area contributed by atoms with Gasteiger partial charge in [0.15, 0.2) is 11.4 Å². The molecule has 4 saturated carbocycles. The van der Waals surface area contributed by atoms with E-state index in [4.69, 9.17) is 18.7 Å². The van der Waals surface area contributed by atoms with Crippen molar-refractivity contribution >= 4 is 22.7 Å². The van der Waals surface area contributed by atoms with Gasteiger partial charge < -0.3 is 18.6 Å². The summed E-state index contributed by atoms with van der Waals surface area (Å²) in [6, 6.07) is 12.2. The van der Waals surface area contributed by atoms with E-state index in [1.165, 1.54) is 12.1 Å². The third kappa shape index (κ3) is 5.15. The van der Waals surface area contributed by atoms with E-state index in [2.05, 4.69) is 10.1 Å². The van der Waals surface area contributed by atoms with Crippen LogP contribution in [0.3, 0.4) is 0 Å². The Kier molecular flexibility index (Phi) is 6.62. The number of fused-ring (bicyclic) bond motifs is 4. The fraction of sp³-hybridized carbons (Fsp3) is 0.529. The zero-order valence-electron chi connectivity index (χ0n) is 24.4. The van der Waals surface area contributed by atoms with E-state index < -0.39 is 0 Å². The van der Waals surface area contributed by atoms with Gasteiger partial charge in [0.1, 0.15) is 11.3 Å². The van der Waals surface area contributed by atoms with Crippen molar-refractivity contribution in [3.8, 4) is 11.5 Å². The molecule has 2 aromatic heterocycles. The van der Waals surface area contributed by atoms with E-state index in [0.29, 0.717) is 42.5 Å². The number of nitrogens with zero attached hydrogens (tertiary/aromatic N) is 4. The highest BCUT2D eigenvalue weighted by Gasteiger charge is 2.53. The fourth-order valence-corrected chi connectivity index (χ4v) is 7.59. The Morgan fingerprint density at radius 2 is 1.84 bits per heavy atom. The highest BCUT2D eigenvalue weighted by Crippen LogP contribution is 2.58. The van der Waals surface area contributed by atoms with E-state index in [1.807, 2.05) is 29.2 Å². The SMILES string of the molecule is O=C(CC1CCCOC1)N(CC12CCC(c3nc(C4CC4)no3)(CC1)CC2)c1cccc(-c2nc3cc(F)ccc3o2)c1. The molecule has 9 heteroatoms. The minimum Gasteiger partial charge on any atom is -0.436 e. The van der Waals surface area contributed by atoms with Crippen molar-refractivity contribution in [1.82, 2.24) is 15.1 Å². The molecule has 0 spiro atoms. The standard InChI is InChI=1S/C34H37FN4O4/c35-25-8-9-28-27(19-25)36-31(42-28)24-4-1-5-26(18-24)39(29(40)17-22-3-2-16-41-20-22)21-33-10-13-34(14-11-33,15-12-33)32-37-30(38-43-32)23-6-7-23/h1,4-5,8-9,18-19,22-23H,2-3,6-7,10-17,20-21H2. The summed E-state index contributed by atoms with van der Waals surface area (Å²) in [5.74, 6) is 2.64. The van der Waals surface area contributed by atoms with Crippen molar-refractivity contribution in [2.75, 3.05) is 24.7 Å². The van der Waals surface area contributed by atoms with Crippen LogP contribution >= 0.6 is 0 Å². The summed E-state index contributed by atoms with van der Waals surface area (Å²) in [4.78, 5) is 25.5.